The van der Waals surface area contributed by atoms with E-state index < -0.39 is 5.82 Å². The monoisotopic (exact) mass is 429 g/mol. The van der Waals surface area contributed by atoms with Gasteiger partial charge in [0.2, 0.25) is 5.91 Å². The molecule has 1 N–H and O–H groups in total. The summed E-state index contributed by atoms with van der Waals surface area (Å²) in [7, 11) is 0. The van der Waals surface area contributed by atoms with Crippen LogP contribution in [0.2, 0.25) is 5.02 Å². The highest BCUT2D eigenvalue weighted by Gasteiger charge is 2.58. The highest BCUT2D eigenvalue weighted by molar-refractivity contribution is 6.33. The van der Waals surface area contributed by atoms with Crippen LogP contribution in [0, 0.1) is 17.2 Å². The maximum Gasteiger partial charge on any atom is 0.255 e. The van der Waals surface area contributed by atoms with Gasteiger partial charge < -0.3 is 10.2 Å². The molecule has 7 heteroatoms. The molecule has 1 aromatic heterocycles. The number of nitrogens with one attached hydrogen (secondary N) is 1. The van der Waals surface area contributed by atoms with Gasteiger partial charge in [-0.05, 0) is 73.4 Å². The van der Waals surface area contributed by atoms with Gasteiger partial charge in [-0.25, -0.2) is 4.39 Å². The van der Waals surface area contributed by atoms with Crippen LogP contribution in [0.1, 0.15) is 41.6 Å². The van der Waals surface area contributed by atoms with Crippen molar-refractivity contribution in [1.82, 2.24) is 15.2 Å². The van der Waals surface area contributed by atoms with Crippen molar-refractivity contribution >= 4 is 23.4 Å². The van der Waals surface area contributed by atoms with E-state index in [1.165, 1.54) is 17.7 Å². The second kappa shape index (κ2) is 8.72. The van der Waals surface area contributed by atoms with Crippen LogP contribution in [0.15, 0.2) is 42.7 Å². The number of aryl methyl sites for hydroxylation is 1. The molecule has 2 aromatic rings. The molecule has 30 heavy (non-hydrogen) atoms. The number of piperidine rings is 1. The number of pyridine rings is 1. The minimum atomic E-state index is -0.457. The fraction of sp³-hybridized carbons (Fsp3) is 0.435. The molecular formula is C23H25ClFN3O2. The van der Waals surface area contributed by atoms with Gasteiger partial charge in [0.05, 0.1) is 10.6 Å². The average Bonchev–Trinajstić information content (AvgIpc) is 3.45. The van der Waals surface area contributed by atoms with Crippen LogP contribution in [-0.4, -0.2) is 41.3 Å². The lowest BCUT2D eigenvalue weighted by atomic mass is 9.90. The molecule has 1 aromatic carbocycles. The summed E-state index contributed by atoms with van der Waals surface area (Å²) in [5, 5.41) is 3.21. The number of hydrogen-bond donors (Lipinski definition) is 1. The predicted molar refractivity (Wildman–Crippen MR) is 113 cm³/mol. The van der Waals surface area contributed by atoms with Crippen LogP contribution in [0.25, 0.3) is 0 Å². The van der Waals surface area contributed by atoms with Crippen molar-refractivity contribution in [2.24, 2.45) is 11.3 Å². The predicted octanol–water partition coefficient (Wildman–Crippen LogP) is 3.87. The van der Waals surface area contributed by atoms with Crippen molar-refractivity contribution < 1.29 is 14.0 Å². The molecule has 0 bridgehead atoms. The third kappa shape index (κ3) is 4.48. The van der Waals surface area contributed by atoms with E-state index >= 15 is 0 Å². The zero-order chi connectivity index (χ0) is 21.1. The third-order valence-corrected chi connectivity index (χ3v) is 6.72. The molecule has 0 unspecified atom stereocenters. The minimum Gasteiger partial charge on any atom is -0.356 e. The molecule has 1 saturated heterocycles. The number of aromatic nitrogens is 1. The van der Waals surface area contributed by atoms with E-state index in [2.05, 4.69) is 10.3 Å². The largest absolute Gasteiger partial charge is 0.356 e. The number of likely N-dealkylation sites (tertiary alicyclic amines) is 1. The number of amides is 2. The number of carbonyl (C=O) groups excluding carboxylic acids is 2. The molecule has 1 spiro atoms. The van der Waals surface area contributed by atoms with E-state index in [1.54, 1.807) is 17.3 Å². The summed E-state index contributed by atoms with van der Waals surface area (Å²) in [5.74, 6) is -0.453. The lowest BCUT2D eigenvalue weighted by Crippen LogP contribution is -2.40. The van der Waals surface area contributed by atoms with Crippen molar-refractivity contribution in [2.45, 2.75) is 32.1 Å². The van der Waals surface area contributed by atoms with Gasteiger partial charge in [0.25, 0.3) is 5.91 Å². The molecule has 4 rings (SSSR count). The molecule has 1 saturated carbocycles. The first-order chi connectivity index (χ1) is 14.5. The number of halogens is 2. The molecule has 5 nitrogen and oxygen atoms in total. The third-order valence-electron chi connectivity index (χ3n) is 6.41. The van der Waals surface area contributed by atoms with E-state index in [4.69, 9.17) is 11.6 Å². The second-order valence-electron chi connectivity index (χ2n) is 8.29. The van der Waals surface area contributed by atoms with Gasteiger partial charge in [-0.1, -0.05) is 11.6 Å². The Morgan fingerprint density at radius 3 is 2.63 bits per heavy atom. The van der Waals surface area contributed by atoms with Crippen molar-refractivity contribution in [3.63, 3.8) is 0 Å². The van der Waals surface area contributed by atoms with Crippen LogP contribution < -0.4 is 5.32 Å². The molecular weight excluding hydrogens is 405 g/mol. The Bertz CT molecular complexity index is 929. The van der Waals surface area contributed by atoms with Crippen LogP contribution in [-0.2, 0) is 11.2 Å². The molecule has 1 aliphatic carbocycles. The normalized spacial score (nSPS) is 19.5. The van der Waals surface area contributed by atoms with Gasteiger partial charge in [-0.15, -0.1) is 0 Å². The summed E-state index contributed by atoms with van der Waals surface area (Å²) < 4.78 is 13.2. The number of hydrogen-bond acceptors (Lipinski definition) is 3. The van der Waals surface area contributed by atoms with Crippen molar-refractivity contribution in [3.8, 4) is 0 Å². The Balaban J connectivity index is 1.22. The van der Waals surface area contributed by atoms with Gasteiger partial charge in [0, 0.05) is 37.9 Å². The maximum atomic E-state index is 13.2. The number of carbonyl (C=O) groups is 2. The highest BCUT2D eigenvalue weighted by Crippen LogP contribution is 2.59. The molecule has 158 valence electrons. The van der Waals surface area contributed by atoms with Crippen LogP contribution in [0.4, 0.5) is 4.39 Å². The van der Waals surface area contributed by atoms with Crippen molar-refractivity contribution in [2.75, 3.05) is 19.6 Å². The average molecular weight is 430 g/mol. The Labute approximate surface area is 180 Å². The standard InChI is InChI=1S/C23H25ClFN3O2/c24-20-14-17(25)3-4-18(20)22(30)28-12-7-23(8-13-28)15-19(23)21(29)27-9-1-2-16-5-10-26-11-6-16/h3-6,10-11,14,19H,1-2,7-9,12-13,15H2,(H,27,29)/t19-/m1/s1. The van der Waals surface area contributed by atoms with E-state index in [1.807, 2.05) is 12.1 Å². The lowest BCUT2D eigenvalue weighted by Gasteiger charge is -2.33. The smallest absolute Gasteiger partial charge is 0.255 e. The van der Waals surface area contributed by atoms with Crippen LogP contribution in [0.5, 0.6) is 0 Å². The summed E-state index contributed by atoms with van der Waals surface area (Å²) in [6.07, 6.45) is 7.89. The van der Waals surface area contributed by atoms with Crippen LogP contribution >= 0.6 is 11.6 Å². The van der Waals surface area contributed by atoms with Gasteiger partial charge >= 0.3 is 0 Å². The summed E-state index contributed by atoms with van der Waals surface area (Å²) in [6, 6.07) is 7.83. The second-order valence-corrected chi connectivity index (χ2v) is 8.69. The molecule has 2 heterocycles. The summed E-state index contributed by atoms with van der Waals surface area (Å²) in [4.78, 5) is 31.0. The fourth-order valence-corrected chi connectivity index (χ4v) is 4.68. The van der Waals surface area contributed by atoms with Gasteiger partial charge in [0.15, 0.2) is 0 Å². The first kappa shape index (κ1) is 20.8. The van der Waals surface area contributed by atoms with Gasteiger partial charge in [-0.3, -0.25) is 14.6 Å². The SMILES string of the molecule is O=C(NCCCc1ccncc1)[C@H]1CC12CCN(C(=O)c1ccc(F)cc1Cl)CC2. The Kier molecular flexibility index (Phi) is 6.04. The molecule has 2 amide bonds. The van der Waals surface area contributed by atoms with Crippen molar-refractivity contribution in [1.29, 1.82) is 0 Å². The summed E-state index contributed by atoms with van der Waals surface area (Å²) in [5.41, 5.74) is 1.58. The van der Waals surface area contributed by atoms with Crippen LogP contribution in [0.3, 0.4) is 0 Å². The fourth-order valence-electron chi connectivity index (χ4n) is 4.44. The Morgan fingerprint density at radius 1 is 1.20 bits per heavy atom. The molecule has 2 fully saturated rings. The zero-order valence-corrected chi connectivity index (χ0v) is 17.5. The zero-order valence-electron chi connectivity index (χ0n) is 16.7. The molecule has 1 atom stereocenters. The topological polar surface area (TPSA) is 62.3 Å². The Hall–Kier alpha value is -2.47. The quantitative estimate of drug-likeness (QED) is 0.709. The number of rotatable bonds is 6. The Morgan fingerprint density at radius 2 is 1.93 bits per heavy atom. The lowest BCUT2D eigenvalue weighted by molar-refractivity contribution is -0.123. The highest BCUT2D eigenvalue weighted by atomic mass is 35.5. The molecule has 2 aliphatic rings. The number of benzene rings is 1. The van der Waals surface area contributed by atoms with E-state index in [0.29, 0.717) is 25.2 Å². The minimum absolute atomic E-state index is 0.0263. The first-order valence-electron chi connectivity index (χ1n) is 10.4. The van der Waals surface area contributed by atoms with E-state index in [-0.39, 0.29) is 28.2 Å². The maximum absolute atomic E-state index is 13.2. The first-order valence-corrected chi connectivity index (χ1v) is 10.8. The number of nitrogens with zero attached hydrogens (tertiary/aromatic N) is 2. The van der Waals surface area contributed by atoms with E-state index in [9.17, 15) is 14.0 Å². The molecule has 1 aliphatic heterocycles. The summed E-state index contributed by atoms with van der Waals surface area (Å²) in [6.45, 7) is 1.86. The van der Waals surface area contributed by atoms with E-state index in [0.717, 1.165) is 38.2 Å². The van der Waals surface area contributed by atoms with Gasteiger partial charge in [-0.2, -0.15) is 0 Å². The summed E-state index contributed by atoms with van der Waals surface area (Å²) >= 11 is 6.03. The van der Waals surface area contributed by atoms with Gasteiger partial charge in [0.1, 0.15) is 5.82 Å². The molecule has 0 radical (unpaired) electrons. The van der Waals surface area contributed by atoms with Crippen molar-refractivity contribution in [3.05, 3.63) is 64.7 Å².